The van der Waals surface area contributed by atoms with Crippen molar-refractivity contribution in [1.82, 2.24) is 4.98 Å². The zero-order valence-corrected chi connectivity index (χ0v) is 15.6. The molecule has 2 aromatic rings. The maximum Gasteiger partial charge on any atom is 0.573 e. The van der Waals surface area contributed by atoms with Crippen molar-refractivity contribution in [1.29, 1.82) is 0 Å². The third-order valence-electron chi connectivity index (χ3n) is 4.01. The van der Waals surface area contributed by atoms with Crippen LogP contribution in [0.15, 0.2) is 24.3 Å². The maximum atomic E-state index is 12.6. The van der Waals surface area contributed by atoms with Crippen molar-refractivity contribution in [3.63, 3.8) is 0 Å². The van der Waals surface area contributed by atoms with E-state index < -0.39 is 30.0 Å². The van der Waals surface area contributed by atoms with E-state index in [9.17, 15) is 27.6 Å². The summed E-state index contributed by atoms with van der Waals surface area (Å²) < 4.78 is 45.3. The monoisotopic (exact) mass is 397 g/mol. The van der Waals surface area contributed by atoms with Crippen LogP contribution in [-0.2, 0) is 4.74 Å². The van der Waals surface area contributed by atoms with Gasteiger partial charge in [0.05, 0.1) is 11.3 Å². The molecule has 0 fully saturated rings. The van der Waals surface area contributed by atoms with Gasteiger partial charge in [-0.1, -0.05) is 0 Å². The van der Waals surface area contributed by atoms with Crippen LogP contribution in [0.5, 0.6) is 5.75 Å². The molecular formula is C19H18F3NO5. The number of hydrogen-bond donors (Lipinski definition) is 1. The number of aromatic nitrogens is 1. The molecule has 2 rings (SSSR count). The summed E-state index contributed by atoms with van der Waals surface area (Å²) in [6.07, 6.45) is -6.01. The fourth-order valence-electron chi connectivity index (χ4n) is 2.80. The molecule has 0 aliphatic carbocycles. The maximum absolute atomic E-state index is 12.6. The summed E-state index contributed by atoms with van der Waals surface area (Å²) in [6, 6.07) is 4.12. The Labute approximate surface area is 158 Å². The minimum atomic E-state index is -4.84. The van der Waals surface area contributed by atoms with E-state index in [0.717, 1.165) is 24.3 Å². The van der Waals surface area contributed by atoms with Crippen molar-refractivity contribution >= 4 is 17.5 Å². The van der Waals surface area contributed by atoms with Gasteiger partial charge < -0.3 is 14.5 Å². The molecular weight excluding hydrogens is 379 g/mol. The molecule has 0 aliphatic rings. The van der Waals surface area contributed by atoms with Gasteiger partial charge in [0.15, 0.2) is 11.9 Å². The fourth-order valence-corrected chi connectivity index (χ4v) is 2.80. The minimum Gasteiger partial charge on any atom is -0.451 e. The first-order chi connectivity index (χ1) is 12.9. The number of aromatic amines is 1. The molecule has 9 heteroatoms. The van der Waals surface area contributed by atoms with Gasteiger partial charge in [-0.3, -0.25) is 9.59 Å². The normalized spacial score (nSPS) is 12.4. The second kappa shape index (κ2) is 7.87. The van der Waals surface area contributed by atoms with Crippen molar-refractivity contribution < 1.29 is 37.0 Å². The Hall–Kier alpha value is -3.10. The van der Waals surface area contributed by atoms with Crippen molar-refractivity contribution in [2.45, 2.75) is 40.2 Å². The summed E-state index contributed by atoms with van der Waals surface area (Å²) in [6.45, 7) is 6.01. The van der Waals surface area contributed by atoms with Crippen LogP contribution in [0.2, 0.25) is 0 Å². The second-order valence-electron chi connectivity index (χ2n) is 6.17. The summed E-state index contributed by atoms with van der Waals surface area (Å²) in [5.41, 5.74) is 1.52. The highest BCUT2D eigenvalue weighted by Crippen LogP contribution is 2.24. The van der Waals surface area contributed by atoms with E-state index in [0.29, 0.717) is 16.8 Å². The predicted molar refractivity (Wildman–Crippen MR) is 92.6 cm³/mol. The zero-order valence-electron chi connectivity index (χ0n) is 15.6. The van der Waals surface area contributed by atoms with Crippen LogP contribution < -0.4 is 4.74 Å². The lowest BCUT2D eigenvalue weighted by atomic mass is 10.0. The standard InChI is InChI=1S/C19H18F3NO5/c1-9-15(11(3)24)10(2)23-16(9)17(25)12(4)27-18(26)13-5-7-14(8-6-13)28-19(20,21)22/h5-8,12,23H,1-4H3/t12-/m0/s1. The van der Waals surface area contributed by atoms with E-state index in [-0.39, 0.29) is 17.0 Å². The first-order valence-electron chi connectivity index (χ1n) is 8.21. The Morgan fingerprint density at radius 3 is 2.11 bits per heavy atom. The van der Waals surface area contributed by atoms with Crippen LogP contribution in [0.3, 0.4) is 0 Å². The van der Waals surface area contributed by atoms with Gasteiger partial charge in [-0.25, -0.2) is 4.79 Å². The molecule has 1 aromatic carbocycles. The van der Waals surface area contributed by atoms with E-state index in [1.807, 2.05) is 0 Å². The number of Topliss-reactive ketones (excluding diaryl/α,β-unsaturated/α-hetero) is 2. The van der Waals surface area contributed by atoms with E-state index in [1.54, 1.807) is 13.8 Å². The number of H-pyrrole nitrogens is 1. The predicted octanol–water partition coefficient (Wildman–Crippen LogP) is 4.16. The molecule has 1 atom stereocenters. The average Bonchev–Trinajstić information content (AvgIpc) is 2.87. The molecule has 0 amide bonds. The number of rotatable bonds is 6. The van der Waals surface area contributed by atoms with Crippen LogP contribution in [0, 0.1) is 13.8 Å². The van der Waals surface area contributed by atoms with E-state index in [4.69, 9.17) is 4.74 Å². The first kappa shape index (κ1) is 21.2. The van der Waals surface area contributed by atoms with Gasteiger partial charge in [0, 0.05) is 11.3 Å². The number of carbonyl (C=O) groups is 3. The number of benzene rings is 1. The average molecular weight is 397 g/mol. The smallest absolute Gasteiger partial charge is 0.451 e. The van der Waals surface area contributed by atoms with Crippen molar-refractivity contribution in [3.8, 4) is 5.75 Å². The van der Waals surface area contributed by atoms with E-state index >= 15 is 0 Å². The highest BCUT2D eigenvalue weighted by molar-refractivity contribution is 6.05. The molecule has 0 radical (unpaired) electrons. The summed E-state index contributed by atoms with van der Waals surface area (Å²) in [4.78, 5) is 39.2. The number of aryl methyl sites for hydroxylation is 1. The highest BCUT2D eigenvalue weighted by Gasteiger charge is 2.31. The SMILES string of the molecule is CC(=O)c1c(C)[nH]c(C(=O)[C@H](C)OC(=O)c2ccc(OC(F)(F)F)cc2)c1C. The van der Waals surface area contributed by atoms with Gasteiger partial charge in [-0.2, -0.15) is 0 Å². The third-order valence-corrected chi connectivity index (χ3v) is 4.01. The van der Waals surface area contributed by atoms with Gasteiger partial charge >= 0.3 is 12.3 Å². The molecule has 1 aromatic heterocycles. The van der Waals surface area contributed by atoms with Crippen LogP contribution >= 0.6 is 0 Å². The fraction of sp³-hybridized carbons (Fsp3) is 0.316. The van der Waals surface area contributed by atoms with Crippen molar-refractivity contribution in [2.75, 3.05) is 0 Å². The molecule has 150 valence electrons. The quantitative estimate of drug-likeness (QED) is 0.584. The van der Waals surface area contributed by atoms with Gasteiger partial charge in [-0.15, -0.1) is 13.2 Å². The van der Waals surface area contributed by atoms with E-state index in [2.05, 4.69) is 9.72 Å². The molecule has 0 saturated carbocycles. The number of nitrogens with one attached hydrogen (secondary N) is 1. The summed E-state index contributed by atoms with van der Waals surface area (Å²) in [5, 5.41) is 0. The number of ketones is 2. The topological polar surface area (TPSA) is 85.5 Å². The van der Waals surface area contributed by atoms with Crippen LogP contribution in [0.25, 0.3) is 0 Å². The molecule has 28 heavy (non-hydrogen) atoms. The number of halogens is 3. The Balaban J connectivity index is 2.11. The Kier molecular flexibility index (Phi) is 5.96. The molecule has 0 saturated heterocycles. The summed E-state index contributed by atoms with van der Waals surface area (Å²) in [7, 11) is 0. The Morgan fingerprint density at radius 2 is 1.64 bits per heavy atom. The number of ether oxygens (including phenoxy) is 2. The first-order valence-corrected chi connectivity index (χ1v) is 8.21. The number of alkyl halides is 3. The highest BCUT2D eigenvalue weighted by atomic mass is 19.4. The number of carbonyl (C=O) groups excluding carboxylic acids is 3. The third kappa shape index (κ3) is 4.79. The van der Waals surface area contributed by atoms with Crippen LogP contribution in [-0.4, -0.2) is 35.0 Å². The lowest BCUT2D eigenvalue weighted by Gasteiger charge is -2.13. The molecule has 0 spiro atoms. The lowest BCUT2D eigenvalue weighted by Crippen LogP contribution is -2.25. The molecule has 0 aliphatic heterocycles. The Morgan fingerprint density at radius 1 is 1.07 bits per heavy atom. The molecule has 0 unspecified atom stereocenters. The second-order valence-corrected chi connectivity index (χ2v) is 6.17. The number of hydrogen-bond acceptors (Lipinski definition) is 5. The molecule has 0 bridgehead atoms. The lowest BCUT2D eigenvalue weighted by molar-refractivity contribution is -0.274. The Bertz CT molecular complexity index is 913. The van der Waals surface area contributed by atoms with Gasteiger partial charge in [0.1, 0.15) is 5.75 Å². The van der Waals surface area contributed by atoms with Gasteiger partial charge in [-0.05, 0) is 57.5 Å². The van der Waals surface area contributed by atoms with E-state index in [1.165, 1.54) is 13.8 Å². The zero-order chi connectivity index (χ0) is 21.2. The molecule has 6 nitrogen and oxygen atoms in total. The minimum absolute atomic E-state index is 0.0435. The van der Waals surface area contributed by atoms with Gasteiger partial charge in [0.2, 0.25) is 5.78 Å². The van der Waals surface area contributed by atoms with Gasteiger partial charge in [0.25, 0.3) is 0 Å². The number of esters is 1. The summed E-state index contributed by atoms with van der Waals surface area (Å²) in [5.74, 6) is -2.09. The molecule has 1 N–H and O–H groups in total. The summed E-state index contributed by atoms with van der Waals surface area (Å²) >= 11 is 0. The molecule has 1 heterocycles. The largest absolute Gasteiger partial charge is 0.573 e. The van der Waals surface area contributed by atoms with Crippen LogP contribution in [0.1, 0.15) is 56.3 Å². The van der Waals surface area contributed by atoms with Crippen molar-refractivity contribution in [2.24, 2.45) is 0 Å². The van der Waals surface area contributed by atoms with Crippen LogP contribution in [0.4, 0.5) is 13.2 Å². The van der Waals surface area contributed by atoms with Crippen molar-refractivity contribution in [3.05, 3.63) is 52.3 Å².